The number of hydrogen-bond donors (Lipinski definition) is 2. The second-order valence-corrected chi connectivity index (χ2v) is 3.28. The highest BCUT2D eigenvalue weighted by molar-refractivity contribution is 5.85. The summed E-state index contributed by atoms with van der Waals surface area (Å²) in [6.07, 6.45) is 3.87. The molecule has 0 aromatic heterocycles. The zero-order valence-corrected chi connectivity index (χ0v) is 9.91. The third-order valence-electron chi connectivity index (χ3n) is 2.02. The first-order valence-electron chi connectivity index (χ1n) is 4.88. The number of hydrogen-bond acceptors (Lipinski definition) is 2. The molecule has 0 aliphatic rings. The molecule has 0 fully saturated rings. The predicted molar refractivity (Wildman–Crippen MR) is 67.8 cm³/mol. The molecule has 4 heteroatoms. The third-order valence-corrected chi connectivity index (χ3v) is 2.02. The Morgan fingerprint density at radius 2 is 2.06 bits per heavy atom. The van der Waals surface area contributed by atoms with E-state index in [1.54, 1.807) is 6.92 Å². The maximum Gasteiger partial charge on any atom is 0.320 e. The molecule has 0 aliphatic heterocycles. The summed E-state index contributed by atoms with van der Waals surface area (Å²) < 4.78 is 0. The van der Waals surface area contributed by atoms with Crippen LogP contribution in [0.25, 0.3) is 6.08 Å². The molecule has 0 saturated carbocycles. The Kier molecular flexibility index (Phi) is 7.25. The zero-order valence-electron chi connectivity index (χ0n) is 9.09. The topological polar surface area (TPSA) is 49.3 Å². The summed E-state index contributed by atoms with van der Waals surface area (Å²) in [5.74, 6) is -0.830. The number of carbonyl (C=O) groups is 1. The summed E-state index contributed by atoms with van der Waals surface area (Å²) >= 11 is 0. The maximum atomic E-state index is 10.5. The summed E-state index contributed by atoms with van der Waals surface area (Å²) in [4.78, 5) is 10.5. The molecule has 0 amide bonds. The van der Waals surface area contributed by atoms with Gasteiger partial charge in [0.1, 0.15) is 6.04 Å². The maximum absolute atomic E-state index is 10.5. The second kappa shape index (κ2) is 7.91. The minimum Gasteiger partial charge on any atom is -0.480 e. The molecule has 0 saturated heterocycles. The van der Waals surface area contributed by atoms with Crippen LogP contribution in [0.4, 0.5) is 0 Å². The van der Waals surface area contributed by atoms with Gasteiger partial charge in [0.25, 0.3) is 0 Å². The first-order chi connectivity index (χ1) is 7.20. The van der Waals surface area contributed by atoms with E-state index in [-0.39, 0.29) is 12.4 Å². The second-order valence-electron chi connectivity index (χ2n) is 3.28. The van der Waals surface area contributed by atoms with E-state index in [0.29, 0.717) is 6.54 Å². The molecule has 16 heavy (non-hydrogen) atoms. The van der Waals surface area contributed by atoms with Crippen molar-refractivity contribution in [3.8, 4) is 0 Å². The Balaban J connectivity index is 0.00000225. The molecule has 1 unspecified atom stereocenters. The van der Waals surface area contributed by atoms with E-state index in [0.717, 1.165) is 5.56 Å². The Hall–Kier alpha value is -1.32. The Morgan fingerprint density at radius 1 is 1.44 bits per heavy atom. The van der Waals surface area contributed by atoms with Gasteiger partial charge in [0.15, 0.2) is 0 Å². The summed E-state index contributed by atoms with van der Waals surface area (Å²) in [5.41, 5.74) is 1.11. The highest BCUT2D eigenvalue weighted by Crippen LogP contribution is 1.99. The van der Waals surface area contributed by atoms with Gasteiger partial charge in [0.2, 0.25) is 0 Å². The van der Waals surface area contributed by atoms with Crippen LogP contribution in [-0.4, -0.2) is 23.7 Å². The molecule has 0 heterocycles. The molecule has 1 aromatic rings. The number of carboxylic acids is 1. The van der Waals surface area contributed by atoms with Gasteiger partial charge in [-0.05, 0) is 12.5 Å². The fourth-order valence-electron chi connectivity index (χ4n) is 1.09. The van der Waals surface area contributed by atoms with Crippen molar-refractivity contribution in [1.29, 1.82) is 0 Å². The van der Waals surface area contributed by atoms with Crippen LogP contribution >= 0.6 is 12.4 Å². The number of benzene rings is 1. The Morgan fingerprint density at radius 3 is 2.62 bits per heavy atom. The summed E-state index contributed by atoms with van der Waals surface area (Å²) in [6, 6.07) is 9.38. The summed E-state index contributed by atoms with van der Waals surface area (Å²) in [7, 11) is 0. The van der Waals surface area contributed by atoms with E-state index in [4.69, 9.17) is 5.11 Å². The van der Waals surface area contributed by atoms with Crippen molar-refractivity contribution in [2.75, 3.05) is 6.54 Å². The lowest BCUT2D eigenvalue weighted by Gasteiger charge is -2.05. The molecule has 1 aromatic carbocycles. The average Bonchev–Trinajstić information content (AvgIpc) is 2.25. The lowest BCUT2D eigenvalue weighted by Crippen LogP contribution is -2.33. The van der Waals surface area contributed by atoms with Gasteiger partial charge in [-0.25, -0.2) is 0 Å². The van der Waals surface area contributed by atoms with Crippen molar-refractivity contribution in [2.45, 2.75) is 13.0 Å². The summed E-state index contributed by atoms with van der Waals surface area (Å²) in [5, 5.41) is 11.5. The molecule has 1 rings (SSSR count). The molecule has 2 N–H and O–H groups in total. The number of aliphatic carboxylic acids is 1. The van der Waals surface area contributed by atoms with E-state index in [2.05, 4.69) is 5.32 Å². The van der Waals surface area contributed by atoms with Gasteiger partial charge < -0.3 is 10.4 Å². The summed E-state index contributed by atoms with van der Waals surface area (Å²) in [6.45, 7) is 2.18. The molecule has 1 atom stereocenters. The van der Waals surface area contributed by atoms with E-state index < -0.39 is 12.0 Å². The molecule has 0 radical (unpaired) electrons. The Labute approximate surface area is 102 Å². The minimum atomic E-state index is -0.830. The predicted octanol–water partition coefficient (Wildman–Crippen LogP) is 2.18. The van der Waals surface area contributed by atoms with Gasteiger partial charge in [-0.3, -0.25) is 4.79 Å². The number of rotatable bonds is 5. The smallest absolute Gasteiger partial charge is 0.320 e. The van der Waals surface area contributed by atoms with Crippen LogP contribution in [0.3, 0.4) is 0 Å². The van der Waals surface area contributed by atoms with Crippen LogP contribution < -0.4 is 5.32 Å². The quantitative estimate of drug-likeness (QED) is 0.831. The molecular weight excluding hydrogens is 226 g/mol. The monoisotopic (exact) mass is 241 g/mol. The van der Waals surface area contributed by atoms with E-state index in [1.807, 2.05) is 42.5 Å². The highest BCUT2D eigenvalue weighted by atomic mass is 35.5. The number of halogens is 1. The molecule has 3 nitrogen and oxygen atoms in total. The van der Waals surface area contributed by atoms with Gasteiger partial charge in [0.05, 0.1) is 0 Å². The van der Waals surface area contributed by atoms with Crippen molar-refractivity contribution < 1.29 is 9.90 Å². The van der Waals surface area contributed by atoms with E-state index in [1.165, 1.54) is 0 Å². The van der Waals surface area contributed by atoms with Crippen LogP contribution in [-0.2, 0) is 4.79 Å². The molecule has 88 valence electrons. The molecular formula is C12H16ClNO2. The first kappa shape index (κ1) is 14.7. The van der Waals surface area contributed by atoms with Crippen LogP contribution in [0.5, 0.6) is 0 Å². The largest absolute Gasteiger partial charge is 0.480 e. The van der Waals surface area contributed by atoms with Crippen molar-refractivity contribution in [1.82, 2.24) is 5.32 Å². The van der Waals surface area contributed by atoms with Crippen molar-refractivity contribution in [2.24, 2.45) is 0 Å². The van der Waals surface area contributed by atoms with Crippen LogP contribution in [0.15, 0.2) is 36.4 Å². The fraction of sp³-hybridized carbons (Fsp3) is 0.250. The lowest BCUT2D eigenvalue weighted by molar-refractivity contribution is -0.138. The molecule has 0 aliphatic carbocycles. The van der Waals surface area contributed by atoms with Crippen LogP contribution in [0, 0.1) is 0 Å². The molecule has 0 bridgehead atoms. The lowest BCUT2D eigenvalue weighted by atomic mass is 10.2. The van der Waals surface area contributed by atoms with Crippen molar-refractivity contribution in [3.63, 3.8) is 0 Å². The van der Waals surface area contributed by atoms with Gasteiger partial charge in [-0.15, -0.1) is 12.4 Å². The minimum absolute atomic E-state index is 0. The van der Waals surface area contributed by atoms with Gasteiger partial charge in [-0.2, -0.15) is 0 Å². The highest BCUT2D eigenvalue weighted by Gasteiger charge is 2.06. The van der Waals surface area contributed by atoms with Crippen LogP contribution in [0.1, 0.15) is 12.5 Å². The standard InChI is InChI=1S/C12H15NO2.ClH/c1-10(12(14)15)13-9-5-8-11-6-3-2-4-7-11;/h2-8,10,13H,9H2,1H3,(H,14,15);1H/b8-5+;. The zero-order chi connectivity index (χ0) is 11.1. The number of nitrogens with one attached hydrogen (secondary N) is 1. The van der Waals surface area contributed by atoms with Crippen molar-refractivity contribution >= 4 is 24.5 Å². The Bertz CT molecular complexity index is 338. The average molecular weight is 242 g/mol. The fourth-order valence-corrected chi connectivity index (χ4v) is 1.09. The van der Waals surface area contributed by atoms with Crippen LogP contribution in [0.2, 0.25) is 0 Å². The van der Waals surface area contributed by atoms with E-state index >= 15 is 0 Å². The normalized spacial score (nSPS) is 12.1. The number of carboxylic acid groups (broad SMARTS) is 1. The van der Waals surface area contributed by atoms with Gasteiger partial charge >= 0.3 is 5.97 Å². The van der Waals surface area contributed by atoms with Crippen molar-refractivity contribution in [3.05, 3.63) is 42.0 Å². The van der Waals surface area contributed by atoms with Gasteiger partial charge in [-0.1, -0.05) is 42.5 Å². The molecule has 0 spiro atoms. The van der Waals surface area contributed by atoms with E-state index in [9.17, 15) is 4.79 Å². The SMILES string of the molecule is CC(NC/C=C/c1ccccc1)C(=O)O.Cl. The first-order valence-corrected chi connectivity index (χ1v) is 4.88. The van der Waals surface area contributed by atoms with Gasteiger partial charge in [0, 0.05) is 6.54 Å². The third kappa shape index (κ3) is 5.53.